The van der Waals surface area contributed by atoms with Crippen LogP contribution in [0.1, 0.15) is 0 Å². The summed E-state index contributed by atoms with van der Waals surface area (Å²) in [6, 6.07) is 60.9. The van der Waals surface area contributed by atoms with Crippen molar-refractivity contribution in [2.75, 3.05) is 4.90 Å². The maximum absolute atomic E-state index is 14.9. The second-order valence-corrected chi connectivity index (χ2v) is 14.5. The molecule has 10 aromatic rings. The van der Waals surface area contributed by atoms with Crippen LogP contribution < -0.4 is 9.64 Å². The Labute approximate surface area is 309 Å². The van der Waals surface area contributed by atoms with Crippen LogP contribution in [0.2, 0.25) is 0 Å². The van der Waals surface area contributed by atoms with Crippen LogP contribution in [0, 0.1) is 5.82 Å². The van der Waals surface area contributed by atoms with Crippen molar-refractivity contribution in [3.8, 4) is 39.4 Å². The molecular formula is C48H29FN2OS. The molecule has 0 bridgehead atoms. The van der Waals surface area contributed by atoms with E-state index < -0.39 is 0 Å². The van der Waals surface area contributed by atoms with Gasteiger partial charge >= 0.3 is 0 Å². The number of ether oxygens (including phenoxy) is 1. The molecule has 250 valence electrons. The highest BCUT2D eigenvalue weighted by atomic mass is 32.1. The molecule has 0 fully saturated rings. The highest BCUT2D eigenvalue weighted by molar-refractivity contribution is 7.26. The number of thiophene rings is 1. The van der Waals surface area contributed by atoms with E-state index in [0.29, 0.717) is 11.5 Å². The topological polar surface area (TPSA) is 17.4 Å². The second kappa shape index (κ2) is 11.7. The highest BCUT2D eigenvalue weighted by Gasteiger charge is 2.27. The summed E-state index contributed by atoms with van der Waals surface area (Å²) < 4.78 is 26.1. The molecule has 5 heteroatoms. The Morgan fingerprint density at radius 3 is 1.98 bits per heavy atom. The van der Waals surface area contributed by atoms with E-state index in [1.54, 1.807) is 6.07 Å². The Kier molecular flexibility index (Phi) is 6.60. The monoisotopic (exact) mass is 700 g/mol. The van der Waals surface area contributed by atoms with Crippen molar-refractivity contribution in [2.45, 2.75) is 0 Å². The molecule has 0 saturated heterocycles. The van der Waals surface area contributed by atoms with Crippen molar-refractivity contribution in [1.29, 1.82) is 0 Å². The predicted octanol–water partition coefficient (Wildman–Crippen LogP) is 14.2. The minimum atomic E-state index is -0.309. The van der Waals surface area contributed by atoms with E-state index in [0.717, 1.165) is 55.7 Å². The SMILES string of the molecule is Fc1cc2c3c(c1)c1ccccc1n3-c1c(cccc1-c1ccc(N(c3ccc(-c4ccccc4)cc3)c3cccc4sc5ccccc5c34)cc1)O2. The number of hydrogen-bond acceptors (Lipinski definition) is 3. The summed E-state index contributed by atoms with van der Waals surface area (Å²) in [6.45, 7) is 0. The molecule has 0 aliphatic carbocycles. The lowest BCUT2D eigenvalue weighted by Crippen LogP contribution is -2.10. The van der Waals surface area contributed by atoms with Crippen LogP contribution in [-0.4, -0.2) is 4.57 Å². The first-order chi connectivity index (χ1) is 26.2. The van der Waals surface area contributed by atoms with Crippen molar-refractivity contribution in [3.05, 3.63) is 182 Å². The zero-order valence-corrected chi connectivity index (χ0v) is 29.1. The average molecular weight is 701 g/mol. The zero-order valence-electron chi connectivity index (χ0n) is 28.3. The molecule has 1 aliphatic heterocycles. The molecule has 8 aromatic carbocycles. The Morgan fingerprint density at radius 2 is 1.17 bits per heavy atom. The molecule has 0 radical (unpaired) electrons. The molecular weight excluding hydrogens is 672 g/mol. The molecule has 11 rings (SSSR count). The fourth-order valence-electron chi connectivity index (χ4n) is 8.12. The minimum absolute atomic E-state index is 0.309. The van der Waals surface area contributed by atoms with Crippen LogP contribution in [0.15, 0.2) is 176 Å². The molecule has 53 heavy (non-hydrogen) atoms. The quantitative estimate of drug-likeness (QED) is 0.178. The van der Waals surface area contributed by atoms with Gasteiger partial charge in [-0.05, 0) is 77.4 Å². The first kappa shape index (κ1) is 30.0. The van der Waals surface area contributed by atoms with Crippen LogP contribution in [0.3, 0.4) is 0 Å². The smallest absolute Gasteiger partial charge is 0.155 e. The molecule has 3 nitrogen and oxygen atoms in total. The van der Waals surface area contributed by atoms with Gasteiger partial charge in [0.25, 0.3) is 0 Å². The number of hydrogen-bond donors (Lipinski definition) is 0. The van der Waals surface area contributed by atoms with Gasteiger partial charge in [-0.3, -0.25) is 0 Å². The lowest BCUT2D eigenvalue weighted by Gasteiger charge is -2.27. The second-order valence-electron chi connectivity index (χ2n) is 13.5. The molecule has 0 amide bonds. The van der Waals surface area contributed by atoms with Crippen molar-refractivity contribution < 1.29 is 9.13 Å². The summed E-state index contributed by atoms with van der Waals surface area (Å²) in [6.07, 6.45) is 0. The van der Waals surface area contributed by atoms with Crippen molar-refractivity contribution >= 4 is 70.4 Å². The van der Waals surface area contributed by atoms with Gasteiger partial charge in [0.15, 0.2) is 11.5 Å². The summed E-state index contributed by atoms with van der Waals surface area (Å²) in [7, 11) is 0. The third-order valence-electron chi connectivity index (χ3n) is 10.4. The van der Waals surface area contributed by atoms with Crippen molar-refractivity contribution in [1.82, 2.24) is 4.57 Å². The molecule has 0 N–H and O–H groups in total. The van der Waals surface area contributed by atoms with E-state index in [4.69, 9.17) is 4.74 Å². The van der Waals surface area contributed by atoms with Gasteiger partial charge in [0.1, 0.15) is 5.82 Å². The summed E-state index contributed by atoms with van der Waals surface area (Å²) >= 11 is 1.83. The van der Waals surface area contributed by atoms with Gasteiger partial charge in [-0.15, -0.1) is 11.3 Å². The fourth-order valence-corrected chi connectivity index (χ4v) is 9.24. The average Bonchev–Trinajstić information content (AvgIpc) is 3.76. The van der Waals surface area contributed by atoms with E-state index in [1.807, 2.05) is 35.6 Å². The number of nitrogens with zero attached hydrogens (tertiary/aromatic N) is 2. The molecule has 0 atom stereocenters. The van der Waals surface area contributed by atoms with E-state index in [2.05, 4.69) is 149 Å². The first-order valence-corrected chi connectivity index (χ1v) is 18.5. The van der Waals surface area contributed by atoms with E-state index in [9.17, 15) is 4.39 Å². The Bertz CT molecular complexity index is 3040. The van der Waals surface area contributed by atoms with Gasteiger partial charge in [0, 0.05) is 53.9 Å². The maximum Gasteiger partial charge on any atom is 0.155 e. The number of fused-ring (bicyclic) bond motifs is 8. The van der Waals surface area contributed by atoms with Gasteiger partial charge in [-0.2, -0.15) is 0 Å². The third-order valence-corrected chi connectivity index (χ3v) is 11.6. The normalized spacial score (nSPS) is 12.0. The fraction of sp³-hybridized carbons (Fsp3) is 0. The van der Waals surface area contributed by atoms with Gasteiger partial charge < -0.3 is 14.2 Å². The van der Waals surface area contributed by atoms with Crippen LogP contribution in [0.25, 0.3) is 69.9 Å². The number of rotatable bonds is 5. The minimum Gasteiger partial charge on any atom is -0.453 e. The Morgan fingerprint density at radius 1 is 0.509 bits per heavy atom. The Balaban J connectivity index is 1.08. The molecule has 0 unspecified atom stereocenters. The summed E-state index contributed by atoms with van der Waals surface area (Å²) in [4.78, 5) is 2.37. The number of anilines is 3. The van der Waals surface area contributed by atoms with Gasteiger partial charge in [0.2, 0.25) is 0 Å². The molecule has 1 aliphatic rings. The van der Waals surface area contributed by atoms with Crippen LogP contribution in [0.4, 0.5) is 21.5 Å². The largest absolute Gasteiger partial charge is 0.453 e. The number of benzene rings is 8. The first-order valence-electron chi connectivity index (χ1n) is 17.7. The number of aromatic nitrogens is 1. The summed E-state index contributed by atoms with van der Waals surface area (Å²) in [5.74, 6) is 0.916. The summed E-state index contributed by atoms with van der Waals surface area (Å²) in [5, 5.41) is 4.34. The zero-order chi connectivity index (χ0) is 35.0. The molecule has 0 spiro atoms. The van der Waals surface area contributed by atoms with Crippen LogP contribution in [-0.2, 0) is 0 Å². The standard InChI is InChI=1S/C48H29FN2OS/c49-33-28-39-37-12-4-6-15-40(37)51-47-36(14-8-17-42(47)52-43(29-33)48(39)51)32-22-26-35(27-23-32)50(34-24-20-31(21-25-34)30-10-2-1-3-11-30)41-16-9-19-45-46(41)38-13-5-7-18-44(38)53-45/h1-29H. The predicted molar refractivity (Wildman–Crippen MR) is 219 cm³/mol. The van der Waals surface area contributed by atoms with Crippen LogP contribution in [0.5, 0.6) is 11.5 Å². The highest BCUT2D eigenvalue weighted by Crippen LogP contribution is 2.50. The third kappa shape index (κ3) is 4.64. The van der Waals surface area contributed by atoms with Crippen molar-refractivity contribution in [3.63, 3.8) is 0 Å². The molecule has 3 heterocycles. The lowest BCUT2D eigenvalue weighted by molar-refractivity contribution is 0.471. The van der Waals surface area contributed by atoms with Gasteiger partial charge in [-0.1, -0.05) is 109 Å². The molecule has 0 saturated carbocycles. The van der Waals surface area contributed by atoms with Gasteiger partial charge in [0.05, 0.1) is 22.4 Å². The summed E-state index contributed by atoms with van der Waals surface area (Å²) in [5.41, 5.74) is 10.6. The number of para-hydroxylation sites is 2. The lowest BCUT2D eigenvalue weighted by atomic mass is 10.0. The van der Waals surface area contributed by atoms with E-state index in [1.165, 1.54) is 37.4 Å². The van der Waals surface area contributed by atoms with E-state index >= 15 is 0 Å². The number of halogens is 1. The van der Waals surface area contributed by atoms with Gasteiger partial charge in [-0.25, -0.2) is 4.39 Å². The van der Waals surface area contributed by atoms with Crippen LogP contribution >= 0.6 is 11.3 Å². The maximum atomic E-state index is 14.9. The van der Waals surface area contributed by atoms with Crippen molar-refractivity contribution in [2.24, 2.45) is 0 Å². The Hall–Kier alpha value is -6.69. The van der Waals surface area contributed by atoms with E-state index in [-0.39, 0.29) is 5.82 Å². The molecule has 2 aromatic heterocycles.